The Morgan fingerprint density at radius 3 is 2.94 bits per heavy atom. The average Bonchev–Trinajstić information content (AvgIpc) is 3.41. The largest absolute Gasteiger partial charge is 0.381 e. The predicted octanol–water partition coefficient (Wildman–Crippen LogP) is 4.59. The maximum Gasteiger partial charge on any atom is 0.227 e. The summed E-state index contributed by atoms with van der Waals surface area (Å²) in [5.41, 5.74) is 6.12. The summed E-state index contributed by atoms with van der Waals surface area (Å²) < 4.78 is 7.64. The van der Waals surface area contributed by atoms with Gasteiger partial charge in [0.2, 0.25) is 5.95 Å². The van der Waals surface area contributed by atoms with Gasteiger partial charge in [-0.1, -0.05) is 32.0 Å². The molecular weight excluding hydrogens is 400 g/mol. The van der Waals surface area contributed by atoms with Gasteiger partial charge in [-0.15, -0.1) is 0 Å². The summed E-state index contributed by atoms with van der Waals surface area (Å²) in [6, 6.07) is 8.91. The number of hydrogen-bond donors (Lipinski definition) is 2. The number of nitrogens with one attached hydrogen (secondary N) is 2. The maximum absolute atomic E-state index is 5.74. The smallest absolute Gasteiger partial charge is 0.227 e. The summed E-state index contributed by atoms with van der Waals surface area (Å²) in [6.07, 6.45) is 7.15. The second-order valence-electron chi connectivity index (χ2n) is 9.52. The average molecular weight is 431 g/mol. The highest BCUT2D eigenvalue weighted by molar-refractivity contribution is 5.85. The molecule has 0 radical (unpaired) electrons. The number of rotatable bonds is 4. The van der Waals surface area contributed by atoms with Crippen LogP contribution in [-0.2, 0) is 17.6 Å². The quantitative estimate of drug-likeness (QED) is 0.495. The minimum absolute atomic E-state index is 0.246. The molecule has 7 nitrogen and oxygen atoms in total. The summed E-state index contributed by atoms with van der Waals surface area (Å²) in [4.78, 5) is 13.6. The standard InChI is InChI=1S/C25H30N6O/c1-15(2)20-13-26-31-24(20)29-23(16-6-5-11-32-14-16)30-25(31)27-17-9-10-22-19(12-17)18-7-3-4-8-21(18)28-22/h3-4,7-8,13,15-17,28H,5-6,9-12,14H2,1-2H3,(H,27,29,30)/t16-,17+/m1/s1. The first-order valence-corrected chi connectivity index (χ1v) is 11.9. The van der Waals surface area contributed by atoms with Crippen molar-refractivity contribution in [2.75, 3.05) is 18.5 Å². The molecule has 0 saturated carbocycles. The number of anilines is 1. The van der Waals surface area contributed by atoms with E-state index in [0.717, 1.165) is 61.7 Å². The second-order valence-corrected chi connectivity index (χ2v) is 9.52. The number of nitrogens with zero attached hydrogens (tertiary/aromatic N) is 4. The first-order valence-electron chi connectivity index (χ1n) is 11.9. The Hall–Kier alpha value is -2.93. The van der Waals surface area contributed by atoms with Crippen molar-refractivity contribution >= 4 is 22.5 Å². The van der Waals surface area contributed by atoms with Crippen LogP contribution in [0.15, 0.2) is 30.5 Å². The molecule has 166 valence electrons. The topological polar surface area (TPSA) is 80.1 Å². The molecule has 2 atom stereocenters. The Kier molecular flexibility index (Phi) is 4.86. The van der Waals surface area contributed by atoms with E-state index in [1.807, 2.05) is 10.7 Å². The molecule has 1 fully saturated rings. The Morgan fingerprint density at radius 2 is 2.09 bits per heavy atom. The van der Waals surface area contributed by atoms with Crippen LogP contribution in [0.5, 0.6) is 0 Å². The number of benzene rings is 1. The van der Waals surface area contributed by atoms with Crippen molar-refractivity contribution in [3.05, 3.63) is 53.1 Å². The number of H-pyrrole nitrogens is 1. The van der Waals surface area contributed by atoms with Crippen LogP contribution < -0.4 is 5.32 Å². The van der Waals surface area contributed by atoms with Crippen molar-refractivity contribution in [3.63, 3.8) is 0 Å². The summed E-state index contributed by atoms with van der Waals surface area (Å²) in [5.74, 6) is 2.28. The summed E-state index contributed by atoms with van der Waals surface area (Å²) in [5, 5.41) is 9.75. The minimum Gasteiger partial charge on any atom is -0.381 e. The Balaban J connectivity index is 1.36. The fourth-order valence-corrected chi connectivity index (χ4v) is 5.21. The molecule has 4 aromatic rings. The molecule has 1 saturated heterocycles. The van der Waals surface area contributed by atoms with Gasteiger partial charge < -0.3 is 15.0 Å². The van der Waals surface area contributed by atoms with Crippen molar-refractivity contribution < 1.29 is 4.74 Å². The molecule has 1 aliphatic heterocycles. The molecule has 4 heterocycles. The monoisotopic (exact) mass is 430 g/mol. The van der Waals surface area contributed by atoms with E-state index in [1.165, 1.54) is 22.2 Å². The fraction of sp³-hybridized carbons (Fsp3) is 0.480. The molecule has 0 bridgehead atoms. The Labute approximate surface area is 187 Å². The highest BCUT2D eigenvalue weighted by atomic mass is 16.5. The van der Waals surface area contributed by atoms with Gasteiger partial charge in [0.15, 0.2) is 5.65 Å². The zero-order chi connectivity index (χ0) is 21.7. The van der Waals surface area contributed by atoms with Gasteiger partial charge in [0.25, 0.3) is 0 Å². The lowest BCUT2D eigenvalue weighted by molar-refractivity contribution is 0.0781. The first-order chi connectivity index (χ1) is 15.7. The van der Waals surface area contributed by atoms with E-state index >= 15 is 0 Å². The predicted molar refractivity (Wildman–Crippen MR) is 125 cm³/mol. The molecule has 1 aliphatic carbocycles. The molecular formula is C25H30N6O. The third-order valence-electron chi connectivity index (χ3n) is 6.99. The van der Waals surface area contributed by atoms with Crippen LogP contribution in [0.25, 0.3) is 16.6 Å². The van der Waals surface area contributed by atoms with E-state index in [9.17, 15) is 0 Å². The lowest BCUT2D eigenvalue weighted by Gasteiger charge is -2.25. The van der Waals surface area contributed by atoms with Gasteiger partial charge in [0.05, 0.1) is 12.8 Å². The lowest BCUT2D eigenvalue weighted by Crippen LogP contribution is -2.29. The molecule has 7 heteroatoms. The second kappa shape index (κ2) is 7.89. The van der Waals surface area contributed by atoms with E-state index in [0.29, 0.717) is 18.6 Å². The van der Waals surface area contributed by atoms with E-state index in [2.05, 4.69) is 53.5 Å². The third-order valence-corrected chi connectivity index (χ3v) is 6.99. The molecule has 0 unspecified atom stereocenters. The fourth-order valence-electron chi connectivity index (χ4n) is 5.21. The van der Waals surface area contributed by atoms with Crippen LogP contribution in [0.4, 0.5) is 5.95 Å². The first kappa shape index (κ1) is 19.7. The van der Waals surface area contributed by atoms with Crippen LogP contribution >= 0.6 is 0 Å². The van der Waals surface area contributed by atoms with Crippen molar-refractivity contribution in [3.8, 4) is 0 Å². The molecule has 6 rings (SSSR count). The SMILES string of the molecule is CC(C)c1cnn2c(N[C@H]3CCc4[nH]c5ccccc5c4C3)nc([C@@H]3CCCOC3)nc12. The highest BCUT2D eigenvalue weighted by Crippen LogP contribution is 2.31. The van der Waals surface area contributed by atoms with E-state index < -0.39 is 0 Å². The van der Waals surface area contributed by atoms with Crippen LogP contribution in [-0.4, -0.2) is 43.8 Å². The highest BCUT2D eigenvalue weighted by Gasteiger charge is 2.26. The normalized spacial score (nSPS) is 21.3. The van der Waals surface area contributed by atoms with Crippen molar-refractivity contribution in [1.82, 2.24) is 24.6 Å². The van der Waals surface area contributed by atoms with Crippen molar-refractivity contribution in [2.45, 2.75) is 63.8 Å². The van der Waals surface area contributed by atoms with Crippen LogP contribution in [0.2, 0.25) is 0 Å². The summed E-state index contributed by atoms with van der Waals surface area (Å²) in [7, 11) is 0. The number of aryl methyl sites for hydroxylation is 1. The molecule has 32 heavy (non-hydrogen) atoms. The van der Waals surface area contributed by atoms with Gasteiger partial charge in [-0.2, -0.15) is 14.6 Å². The minimum atomic E-state index is 0.246. The van der Waals surface area contributed by atoms with E-state index in [-0.39, 0.29) is 5.92 Å². The molecule has 0 spiro atoms. The third kappa shape index (κ3) is 3.35. The molecule has 2 aliphatic rings. The van der Waals surface area contributed by atoms with Gasteiger partial charge in [-0.25, -0.2) is 4.98 Å². The van der Waals surface area contributed by atoms with Crippen molar-refractivity contribution in [2.24, 2.45) is 0 Å². The molecule has 3 aromatic heterocycles. The number of aromatic amines is 1. The zero-order valence-corrected chi connectivity index (χ0v) is 18.8. The zero-order valence-electron chi connectivity index (χ0n) is 18.8. The number of ether oxygens (including phenoxy) is 1. The van der Waals surface area contributed by atoms with E-state index in [1.54, 1.807) is 0 Å². The van der Waals surface area contributed by atoms with Crippen LogP contribution in [0, 0.1) is 0 Å². The molecule has 1 aromatic carbocycles. The Morgan fingerprint density at radius 1 is 1.19 bits per heavy atom. The van der Waals surface area contributed by atoms with Gasteiger partial charge in [-0.05, 0) is 49.7 Å². The number of para-hydroxylation sites is 1. The number of hydrogen-bond acceptors (Lipinski definition) is 5. The Bertz CT molecular complexity index is 1270. The maximum atomic E-state index is 5.74. The lowest BCUT2D eigenvalue weighted by atomic mass is 9.91. The molecule has 0 amide bonds. The van der Waals surface area contributed by atoms with E-state index in [4.69, 9.17) is 14.7 Å². The van der Waals surface area contributed by atoms with Gasteiger partial charge in [-0.3, -0.25) is 0 Å². The summed E-state index contributed by atoms with van der Waals surface area (Å²) >= 11 is 0. The van der Waals surface area contributed by atoms with Gasteiger partial charge in [0.1, 0.15) is 5.82 Å². The summed E-state index contributed by atoms with van der Waals surface area (Å²) in [6.45, 7) is 5.91. The van der Waals surface area contributed by atoms with Crippen LogP contribution in [0.1, 0.15) is 67.6 Å². The van der Waals surface area contributed by atoms with Gasteiger partial charge >= 0.3 is 0 Å². The number of fused-ring (bicyclic) bond motifs is 4. The van der Waals surface area contributed by atoms with Crippen molar-refractivity contribution in [1.29, 1.82) is 0 Å². The van der Waals surface area contributed by atoms with Crippen LogP contribution in [0.3, 0.4) is 0 Å². The number of aromatic nitrogens is 5. The molecule has 2 N–H and O–H groups in total. The van der Waals surface area contributed by atoms with Gasteiger partial charge in [0, 0.05) is 40.7 Å².